The average Bonchev–Trinajstić information content (AvgIpc) is 2.61. The van der Waals surface area contributed by atoms with Crippen LogP contribution in [0.2, 0.25) is 0 Å². The molecule has 1 fully saturated rings. The first-order chi connectivity index (χ1) is 13.2. The van der Waals surface area contributed by atoms with Crippen molar-refractivity contribution in [3.63, 3.8) is 0 Å². The van der Waals surface area contributed by atoms with Gasteiger partial charge < -0.3 is 28.4 Å². The molecule has 0 aromatic carbocycles. The molecule has 1 rings (SSSR count). The number of esters is 4. The van der Waals surface area contributed by atoms with Gasteiger partial charge in [-0.15, -0.1) is 0 Å². The van der Waals surface area contributed by atoms with E-state index in [0.29, 0.717) is 0 Å². The Morgan fingerprint density at radius 3 is 2.00 bits per heavy atom. The lowest BCUT2D eigenvalue weighted by Gasteiger charge is -2.43. The first kappa shape index (κ1) is 23.1. The largest absolute Gasteiger partial charge is 0.467 e. The van der Waals surface area contributed by atoms with Crippen molar-refractivity contribution in [2.24, 2.45) is 5.11 Å². The van der Waals surface area contributed by atoms with Gasteiger partial charge in [-0.2, -0.15) is 0 Å². The summed E-state index contributed by atoms with van der Waals surface area (Å²) in [6, 6.07) is 0. The molecule has 1 aliphatic heterocycles. The van der Waals surface area contributed by atoms with Crippen LogP contribution < -0.4 is 0 Å². The summed E-state index contributed by atoms with van der Waals surface area (Å²) in [6.45, 7) is 3.00. The molecule has 0 N–H and O–H groups in total. The molecule has 0 saturated carbocycles. The maximum atomic E-state index is 12.1. The highest BCUT2D eigenvalue weighted by Crippen LogP contribution is 2.30. The molecule has 0 bridgehead atoms. The van der Waals surface area contributed by atoms with Crippen LogP contribution in [0.25, 0.3) is 10.4 Å². The Balaban J connectivity index is 3.28. The normalized spacial score (nSPS) is 26.4. The Hall–Kier alpha value is -2.89. The second-order valence-electron chi connectivity index (χ2n) is 5.50. The van der Waals surface area contributed by atoms with E-state index in [9.17, 15) is 19.2 Å². The molecule has 0 unspecified atom stereocenters. The Bertz CT molecular complexity index is 648. The summed E-state index contributed by atoms with van der Waals surface area (Å²) in [5.74, 6) is -3.30. The number of nitrogens with zero attached hydrogens (tertiary/aromatic N) is 3. The van der Waals surface area contributed by atoms with E-state index in [0.717, 1.165) is 27.9 Å². The van der Waals surface area contributed by atoms with Crippen LogP contribution in [0, 0.1) is 0 Å². The Kier molecular flexibility index (Phi) is 9.15. The summed E-state index contributed by atoms with van der Waals surface area (Å²) in [5, 5.41) is 3.28. The maximum Gasteiger partial charge on any atom is 0.339 e. The molecule has 156 valence electrons. The van der Waals surface area contributed by atoms with Crippen molar-refractivity contribution in [3.8, 4) is 0 Å². The van der Waals surface area contributed by atoms with Crippen molar-refractivity contribution in [1.82, 2.24) is 0 Å². The van der Waals surface area contributed by atoms with Crippen LogP contribution in [0.5, 0.6) is 0 Å². The zero-order valence-corrected chi connectivity index (χ0v) is 15.7. The van der Waals surface area contributed by atoms with Crippen LogP contribution in [0.4, 0.5) is 0 Å². The smallest absolute Gasteiger partial charge is 0.339 e. The van der Waals surface area contributed by atoms with Crippen molar-refractivity contribution < 1.29 is 47.6 Å². The quantitative estimate of drug-likeness (QED) is 0.134. The summed E-state index contributed by atoms with van der Waals surface area (Å²) in [7, 11) is 1.08. The van der Waals surface area contributed by atoms with Gasteiger partial charge in [0.15, 0.2) is 30.7 Å². The Morgan fingerprint density at radius 2 is 1.50 bits per heavy atom. The predicted octanol–water partition coefficient (Wildman–Crippen LogP) is 0.00630. The van der Waals surface area contributed by atoms with Gasteiger partial charge in [0.25, 0.3) is 0 Å². The number of carbonyl (C=O) groups is 4. The van der Waals surface area contributed by atoms with E-state index < -0.39 is 54.6 Å². The van der Waals surface area contributed by atoms with Crippen LogP contribution in [-0.4, -0.2) is 74.8 Å². The third-order valence-corrected chi connectivity index (χ3v) is 3.37. The third kappa shape index (κ3) is 6.68. The molecule has 0 amide bonds. The molecule has 1 aliphatic rings. The Labute approximate surface area is 159 Å². The monoisotopic (exact) mass is 403 g/mol. The van der Waals surface area contributed by atoms with Gasteiger partial charge in [0, 0.05) is 32.2 Å². The molecule has 0 aromatic rings. The van der Waals surface area contributed by atoms with E-state index in [1.54, 1.807) is 0 Å². The lowest BCUT2D eigenvalue weighted by atomic mass is 9.97. The van der Waals surface area contributed by atoms with Crippen LogP contribution in [-0.2, 0) is 47.6 Å². The van der Waals surface area contributed by atoms with Gasteiger partial charge in [-0.05, 0) is 5.53 Å². The molecule has 1 heterocycles. The zero-order chi connectivity index (χ0) is 21.3. The molecular formula is C15H21N3O10. The standard InChI is InChI=1S/C15H21N3O10/c1-7(19)25-10-11(26-8(2)20)13(27-9(3)21)15(24-6-5-17-18-16)28-12(10)14(22)23-4/h10-13,15H,5-6H2,1-4H3/t10-,11+,12+,13-,15-/m1/s1. The van der Waals surface area contributed by atoms with Crippen LogP contribution in [0.1, 0.15) is 20.8 Å². The fraction of sp³-hybridized carbons (Fsp3) is 0.733. The summed E-state index contributed by atoms with van der Waals surface area (Å²) in [5.41, 5.74) is 8.32. The highest BCUT2D eigenvalue weighted by atomic mass is 16.7. The van der Waals surface area contributed by atoms with E-state index in [1.165, 1.54) is 0 Å². The number of rotatable bonds is 8. The summed E-state index contributed by atoms with van der Waals surface area (Å²) in [4.78, 5) is 49.3. The third-order valence-electron chi connectivity index (χ3n) is 3.37. The SMILES string of the molecule is COC(=O)[C@H]1O[C@@H](OCCN=[N+]=[N-])[C@H](OC(C)=O)[C@@H](OC(C)=O)[C@H]1OC(C)=O. The summed E-state index contributed by atoms with van der Waals surface area (Å²) >= 11 is 0. The molecule has 5 atom stereocenters. The van der Waals surface area contributed by atoms with E-state index >= 15 is 0 Å². The maximum absolute atomic E-state index is 12.1. The molecule has 0 spiro atoms. The second-order valence-corrected chi connectivity index (χ2v) is 5.50. The van der Waals surface area contributed by atoms with Crippen molar-refractivity contribution in [3.05, 3.63) is 10.4 Å². The van der Waals surface area contributed by atoms with Crippen molar-refractivity contribution in [2.45, 2.75) is 51.5 Å². The number of azide groups is 1. The van der Waals surface area contributed by atoms with Gasteiger partial charge in [-0.1, -0.05) is 5.11 Å². The van der Waals surface area contributed by atoms with Gasteiger partial charge in [0.1, 0.15) is 0 Å². The minimum absolute atomic E-state index is 0.0857. The van der Waals surface area contributed by atoms with Gasteiger partial charge >= 0.3 is 23.9 Å². The lowest BCUT2D eigenvalue weighted by molar-refractivity contribution is -0.301. The highest BCUT2D eigenvalue weighted by Gasteiger charge is 2.55. The Morgan fingerprint density at radius 1 is 0.964 bits per heavy atom. The number of methoxy groups -OCH3 is 1. The number of hydrogen-bond acceptors (Lipinski definition) is 11. The van der Waals surface area contributed by atoms with E-state index in [2.05, 4.69) is 14.8 Å². The van der Waals surface area contributed by atoms with Crippen molar-refractivity contribution >= 4 is 23.9 Å². The zero-order valence-electron chi connectivity index (χ0n) is 15.7. The fourth-order valence-electron chi connectivity index (χ4n) is 2.47. The highest BCUT2D eigenvalue weighted by molar-refractivity contribution is 5.77. The number of ether oxygens (including phenoxy) is 6. The number of carbonyl (C=O) groups excluding carboxylic acids is 4. The van der Waals surface area contributed by atoms with Gasteiger partial charge in [-0.3, -0.25) is 14.4 Å². The van der Waals surface area contributed by atoms with E-state index in [1.807, 2.05) is 0 Å². The molecule has 0 aromatic heterocycles. The molecule has 1 saturated heterocycles. The van der Waals surface area contributed by atoms with Crippen LogP contribution in [0.3, 0.4) is 0 Å². The first-order valence-electron chi connectivity index (χ1n) is 8.08. The molecular weight excluding hydrogens is 382 g/mol. The molecule has 0 radical (unpaired) electrons. The van der Waals surface area contributed by atoms with Crippen LogP contribution in [0.15, 0.2) is 5.11 Å². The minimum atomic E-state index is -1.53. The van der Waals surface area contributed by atoms with Gasteiger partial charge in [-0.25, -0.2) is 4.79 Å². The summed E-state index contributed by atoms with van der Waals surface area (Å²) in [6.07, 6.45) is -7.20. The summed E-state index contributed by atoms with van der Waals surface area (Å²) < 4.78 is 30.9. The first-order valence-corrected chi connectivity index (χ1v) is 8.08. The van der Waals surface area contributed by atoms with E-state index in [4.69, 9.17) is 29.2 Å². The second kappa shape index (κ2) is 11.1. The molecule has 13 heteroatoms. The van der Waals surface area contributed by atoms with Gasteiger partial charge in [0.2, 0.25) is 0 Å². The molecule has 13 nitrogen and oxygen atoms in total. The topological polar surface area (TPSA) is 172 Å². The fourth-order valence-corrected chi connectivity index (χ4v) is 2.47. The number of hydrogen-bond donors (Lipinski definition) is 0. The minimum Gasteiger partial charge on any atom is -0.467 e. The average molecular weight is 403 g/mol. The van der Waals surface area contributed by atoms with Crippen molar-refractivity contribution in [2.75, 3.05) is 20.3 Å². The van der Waals surface area contributed by atoms with Crippen LogP contribution >= 0.6 is 0 Å². The lowest BCUT2D eigenvalue weighted by Crippen LogP contribution is -2.63. The predicted molar refractivity (Wildman–Crippen MR) is 87.3 cm³/mol. The molecule has 28 heavy (non-hydrogen) atoms. The van der Waals surface area contributed by atoms with Gasteiger partial charge in [0.05, 0.1) is 13.7 Å². The van der Waals surface area contributed by atoms with Crippen molar-refractivity contribution in [1.29, 1.82) is 0 Å². The van der Waals surface area contributed by atoms with E-state index in [-0.39, 0.29) is 13.2 Å². The molecule has 0 aliphatic carbocycles.